The van der Waals surface area contributed by atoms with Gasteiger partial charge in [-0.2, -0.15) is 0 Å². The summed E-state index contributed by atoms with van der Waals surface area (Å²) < 4.78 is 5.54. The molecule has 3 rings (SSSR count). The average molecular weight is 232 g/mol. The highest BCUT2D eigenvalue weighted by Crippen LogP contribution is 2.28. The lowest BCUT2D eigenvalue weighted by Crippen LogP contribution is -2.30. The first-order valence-corrected chi connectivity index (χ1v) is 6.53. The first kappa shape index (κ1) is 11.1. The number of benzene rings is 1. The first-order chi connectivity index (χ1) is 8.36. The summed E-state index contributed by atoms with van der Waals surface area (Å²) in [6.07, 6.45) is 3.73. The molecule has 1 aromatic rings. The zero-order valence-corrected chi connectivity index (χ0v) is 10.3. The minimum atomic E-state index is 0.404. The van der Waals surface area contributed by atoms with Crippen LogP contribution in [0.1, 0.15) is 30.0 Å². The van der Waals surface area contributed by atoms with Crippen LogP contribution in [0.25, 0.3) is 0 Å². The number of fused-ring (bicyclic) bond motifs is 1. The molecule has 1 aromatic carbocycles. The van der Waals surface area contributed by atoms with E-state index in [-0.39, 0.29) is 0 Å². The van der Waals surface area contributed by atoms with Crippen LogP contribution < -0.4 is 15.4 Å². The molecular formula is C14H20N2O. The van der Waals surface area contributed by atoms with Crippen LogP contribution in [0.15, 0.2) is 18.2 Å². The van der Waals surface area contributed by atoms with Crippen molar-refractivity contribution in [2.24, 2.45) is 0 Å². The van der Waals surface area contributed by atoms with Gasteiger partial charge in [-0.05, 0) is 37.1 Å². The van der Waals surface area contributed by atoms with Crippen LogP contribution in [0.4, 0.5) is 0 Å². The van der Waals surface area contributed by atoms with Gasteiger partial charge in [0.05, 0.1) is 6.61 Å². The summed E-state index contributed by atoms with van der Waals surface area (Å²) in [5, 5.41) is 6.97. The van der Waals surface area contributed by atoms with Gasteiger partial charge in [-0.15, -0.1) is 0 Å². The molecule has 3 nitrogen and oxygen atoms in total. The SMILES string of the molecule is CNC(CNC1CC1)c1ccc2c(c1)CCO2. The van der Waals surface area contributed by atoms with Crippen molar-refractivity contribution in [1.82, 2.24) is 10.6 Å². The van der Waals surface area contributed by atoms with E-state index in [2.05, 4.69) is 28.8 Å². The number of ether oxygens (including phenoxy) is 1. The van der Waals surface area contributed by atoms with Crippen LogP contribution in [0, 0.1) is 0 Å². The lowest BCUT2D eigenvalue weighted by atomic mass is 10.0. The number of rotatable bonds is 5. The second kappa shape index (κ2) is 4.67. The highest BCUT2D eigenvalue weighted by molar-refractivity contribution is 5.40. The maximum absolute atomic E-state index is 5.54. The normalized spacial score (nSPS) is 19.8. The van der Waals surface area contributed by atoms with Gasteiger partial charge in [0.25, 0.3) is 0 Å². The lowest BCUT2D eigenvalue weighted by Gasteiger charge is -2.18. The van der Waals surface area contributed by atoms with Crippen molar-refractivity contribution in [3.8, 4) is 5.75 Å². The molecule has 0 amide bonds. The summed E-state index contributed by atoms with van der Waals surface area (Å²) in [5.74, 6) is 1.07. The predicted molar refractivity (Wildman–Crippen MR) is 68.5 cm³/mol. The Hall–Kier alpha value is -1.06. The summed E-state index contributed by atoms with van der Waals surface area (Å²) in [6.45, 7) is 1.85. The van der Waals surface area contributed by atoms with E-state index in [4.69, 9.17) is 4.74 Å². The highest BCUT2D eigenvalue weighted by atomic mass is 16.5. The molecule has 1 aliphatic carbocycles. The molecule has 1 aliphatic heterocycles. The standard InChI is InChI=1S/C14H20N2O/c1-15-13(9-16-12-3-4-12)10-2-5-14-11(8-10)6-7-17-14/h2,5,8,12-13,15-16H,3-4,6-7,9H2,1H3. The molecule has 0 radical (unpaired) electrons. The van der Waals surface area contributed by atoms with Gasteiger partial charge in [0.15, 0.2) is 0 Å². The van der Waals surface area contributed by atoms with Gasteiger partial charge >= 0.3 is 0 Å². The Morgan fingerprint density at radius 3 is 3.06 bits per heavy atom. The Labute approximate surface area is 103 Å². The maximum atomic E-state index is 5.54. The van der Waals surface area contributed by atoms with Crippen LogP contribution in [-0.2, 0) is 6.42 Å². The molecule has 2 aliphatic rings. The monoisotopic (exact) mass is 232 g/mol. The Kier molecular flexibility index (Phi) is 3.04. The molecule has 2 N–H and O–H groups in total. The molecule has 0 aromatic heterocycles. The zero-order valence-electron chi connectivity index (χ0n) is 10.3. The van der Waals surface area contributed by atoms with Crippen molar-refractivity contribution in [1.29, 1.82) is 0 Å². The number of hydrogen-bond acceptors (Lipinski definition) is 3. The molecule has 0 spiro atoms. The van der Waals surface area contributed by atoms with Crippen LogP contribution in [0.5, 0.6) is 5.75 Å². The molecule has 0 saturated heterocycles. The fraction of sp³-hybridized carbons (Fsp3) is 0.571. The second-order valence-corrected chi connectivity index (χ2v) is 4.99. The molecule has 1 fully saturated rings. The zero-order chi connectivity index (χ0) is 11.7. The van der Waals surface area contributed by atoms with Crippen molar-refractivity contribution < 1.29 is 4.74 Å². The smallest absolute Gasteiger partial charge is 0.122 e. The fourth-order valence-corrected chi connectivity index (χ4v) is 2.38. The Morgan fingerprint density at radius 1 is 1.41 bits per heavy atom. The van der Waals surface area contributed by atoms with Crippen LogP contribution in [-0.4, -0.2) is 26.2 Å². The molecule has 1 saturated carbocycles. The third-order valence-corrected chi connectivity index (χ3v) is 3.65. The Morgan fingerprint density at radius 2 is 2.29 bits per heavy atom. The van der Waals surface area contributed by atoms with Crippen molar-refractivity contribution >= 4 is 0 Å². The van der Waals surface area contributed by atoms with E-state index in [0.717, 1.165) is 31.4 Å². The molecular weight excluding hydrogens is 212 g/mol. The van der Waals surface area contributed by atoms with Gasteiger partial charge in [-0.1, -0.05) is 12.1 Å². The molecule has 0 bridgehead atoms. The van der Waals surface area contributed by atoms with E-state index in [1.165, 1.54) is 24.0 Å². The van der Waals surface area contributed by atoms with Crippen LogP contribution in [0.2, 0.25) is 0 Å². The summed E-state index contributed by atoms with van der Waals surface area (Å²) in [6, 6.07) is 7.75. The molecule has 1 heterocycles. The average Bonchev–Trinajstić information content (AvgIpc) is 3.06. The van der Waals surface area contributed by atoms with Crippen molar-refractivity contribution in [2.75, 3.05) is 20.2 Å². The van der Waals surface area contributed by atoms with E-state index in [0.29, 0.717) is 6.04 Å². The van der Waals surface area contributed by atoms with E-state index < -0.39 is 0 Å². The van der Waals surface area contributed by atoms with E-state index in [9.17, 15) is 0 Å². The number of likely N-dealkylation sites (N-methyl/N-ethyl adjacent to an activating group) is 1. The fourth-order valence-electron chi connectivity index (χ4n) is 2.38. The summed E-state index contributed by atoms with van der Waals surface area (Å²) in [7, 11) is 2.03. The van der Waals surface area contributed by atoms with Gasteiger partial charge in [-0.3, -0.25) is 0 Å². The third-order valence-electron chi connectivity index (χ3n) is 3.65. The number of nitrogens with one attached hydrogen (secondary N) is 2. The van der Waals surface area contributed by atoms with Gasteiger partial charge in [-0.25, -0.2) is 0 Å². The van der Waals surface area contributed by atoms with E-state index in [1.54, 1.807) is 0 Å². The lowest BCUT2D eigenvalue weighted by molar-refractivity contribution is 0.356. The van der Waals surface area contributed by atoms with Crippen LogP contribution in [0.3, 0.4) is 0 Å². The quantitative estimate of drug-likeness (QED) is 0.809. The van der Waals surface area contributed by atoms with Gasteiger partial charge < -0.3 is 15.4 Å². The minimum Gasteiger partial charge on any atom is -0.493 e. The Bertz CT molecular complexity index is 401. The number of hydrogen-bond donors (Lipinski definition) is 2. The largest absolute Gasteiger partial charge is 0.493 e. The topological polar surface area (TPSA) is 33.3 Å². The molecule has 1 atom stereocenters. The maximum Gasteiger partial charge on any atom is 0.122 e. The minimum absolute atomic E-state index is 0.404. The molecule has 17 heavy (non-hydrogen) atoms. The molecule has 3 heteroatoms. The first-order valence-electron chi connectivity index (χ1n) is 6.53. The van der Waals surface area contributed by atoms with Gasteiger partial charge in [0, 0.05) is 25.0 Å². The molecule has 92 valence electrons. The van der Waals surface area contributed by atoms with Crippen molar-refractivity contribution in [3.05, 3.63) is 29.3 Å². The van der Waals surface area contributed by atoms with Crippen LogP contribution >= 0.6 is 0 Å². The second-order valence-electron chi connectivity index (χ2n) is 4.99. The summed E-state index contributed by atoms with van der Waals surface area (Å²) >= 11 is 0. The van der Waals surface area contributed by atoms with Crippen molar-refractivity contribution in [3.63, 3.8) is 0 Å². The third kappa shape index (κ3) is 2.45. The van der Waals surface area contributed by atoms with Gasteiger partial charge in [0.2, 0.25) is 0 Å². The van der Waals surface area contributed by atoms with E-state index >= 15 is 0 Å². The highest BCUT2D eigenvalue weighted by Gasteiger charge is 2.22. The predicted octanol–water partition coefficient (Wildman–Crippen LogP) is 1.63. The summed E-state index contributed by atoms with van der Waals surface area (Å²) in [5.41, 5.74) is 2.72. The van der Waals surface area contributed by atoms with Gasteiger partial charge in [0.1, 0.15) is 5.75 Å². The van der Waals surface area contributed by atoms with Crippen molar-refractivity contribution in [2.45, 2.75) is 31.3 Å². The summed E-state index contributed by atoms with van der Waals surface area (Å²) in [4.78, 5) is 0. The Balaban J connectivity index is 1.71. The van der Waals surface area contributed by atoms with E-state index in [1.807, 2.05) is 7.05 Å². The molecule has 1 unspecified atom stereocenters.